The molecule has 1 N–H and O–H groups in total. The minimum absolute atomic E-state index is 0.0624. The minimum Gasteiger partial charge on any atom is -0.488 e. The van der Waals surface area contributed by atoms with Crippen LogP contribution in [0.2, 0.25) is 0 Å². The number of carbonyl (C=O) groups is 2. The number of nitrogens with one attached hydrogen (secondary N) is 1. The van der Waals surface area contributed by atoms with Crippen LogP contribution >= 0.6 is 15.9 Å². The van der Waals surface area contributed by atoms with Gasteiger partial charge in [-0.1, -0.05) is 5.92 Å². The van der Waals surface area contributed by atoms with Gasteiger partial charge in [-0.2, -0.15) is 0 Å². The molecule has 0 aliphatic rings. The van der Waals surface area contributed by atoms with E-state index < -0.39 is 17.5 Å². The van der Waals surface area contributed by atoms with Gasteiger partial charge in [0.15, 0.2) is 6.29 Å². The van der Waals surface area contributed by atoms with Crippen LogP contribution in [0.15, 0.2) is 22.9 Å². The average Bonchev–Trinajstić information content (AvgIpc) is 3.01. The van der Waals surface area contributed by atoms with E-state index in [0.29, 0.717) is 11.8 Å². The SMILES string of the molecule is C#CC#CC#CC#CC#CC#CC#CC#CC#CC.Cc1c(OCc2cnc(NC(=O)OC(C)(C)C)nc2)cc(C=O)c(Br)c1F. The summed E-state index contributed by atoms with van der Waals surface area (Å²) in [6, 6.07) is 1.45. The van der Waals surface area contributed by atoms with Crippen molar-refractivity contribution in [1.29, 1.82) is 0 Å². The molecule has 1 heterocycles. The predicted molar refractivity (Wildman–Crippen MR) is 177 cm³/mol. The molecule has 9 heteroatoms. The summed E-state index contributed by atoms with van der Waals surface area (Å²) in [5.74, 6) is 41.7. The molecule has 1 aromatic heterocycles. The molecule has 0 saturated heterocycles. The highest BCUT2D eigenvalue weighted by atomic mass is 79.9. The summed E-state index contributed by atoms with van der Waals surface area (Å²) in [5.41, 5.74) is 0.397. The van der Waals surface area contributed by atoms with Gasteiger partial charge in [-0.25, -0.2) is 19.2 Å². The Bertz CT molecular complexity index is 2010. The van der Waals surface area contributed by atoms with E-state index in [0.717, 1.165) is 0 Å². The molecule has 0 atom stereocenters. The van der Waals surface area contributed by atoms with Gasteiger partial charge < -0.3 is 9.47 Å². The Morgan fingerprint density at radius 3 is 1.85 bits per heavy atom. The van der Waals surface area contributed by atoms with Crippen LogP contribution in [0.3, 0.4) is 0 Å². The zero-order chi connectivity index (χ0) is 34.2. The van der Waals surface area contributed by atoms with Gasteiger partial charge in [0.1, 0.15) is 23.8 Å². The molecule has 0 radical (unpaired) electrons. The van der Waals surface area contributed by atoms with Crippen molar-refractivity contribution >= 4 is 34.3 Å². The Morgan fingerprint density at radius 1 is 0.935 bits per heavy atom. The maximum atomic E-state index is 14.1. The highest BCUT2D eigenvalue weighted by Crippen LogP contribution is 2.30. The van der Waals surface area contributed by atoms with Crippen LogP contribution in [0.5, 0.6) is 5.75 Å². The lowest BCUT2D eigenvalue weighted by Gasteiger charge is -2.19. The first-order valence-corrected chi connectivity index (χ1v) is 13.6. The molecule has 7 nitrogen and oxygen atoms in total. The standard InChI is InChI=1S/C19H4.C18H19BrFN3O4/c1-3-5-7-9-11-13-15-17-19-18-16-14-12-10-8-6-4-2;1-10-13(5-12(8-24)14(19)15(10)20)26-9-11-6-21-16(22-7-11)23-17(25)27-18(2,3)4/h1H,2H3;5-8H,9H2,1-4H3,(H,21,22,23,25). The molecule has 1 aromatic carbocycles. The van der Waals surface area contributed by atoms with E-state index >= 15 is 0 Å². The van der Waals surface area contributed by atoms with E-state index in [-0.39, 0.29) is 33.9 Å². The molecular weight excluding hydrogens is 649 g/mol. The number of terminal acetylenes is 1. The topological polar surface area (TPSA) is 90.4 Å². The lowest BCUT2D eigenvalue weighted by Crippen LogP contribution is -2.27. The first-order valence-electron chi connectivity index (χ1n) is 12.8. The van der Waals surface area contributed by atoms with Crippen molar-refractivity contribution in [2.75, 3.05) is 5.32 Å². The van der Waals surface area contributed by atoms with Crippen LogP contribution in [0.1, 0.15) is 49.2 Å². The molecule has 46 heavy (non-hydrogen) atoms. The number of hydrogen-bond acceptors (Lipinski definition) is 6. The molecule has 0 spiro atoms. The Hall–Kier alpha value is -6.51. The Kier molecular flexibility index (Phi) is 17.3. The summed E-state index contributed by atoms with van der Waals surface area (Å²) in [4.78, 5) is 30.7. The smallest absolute Gasteiger partial charge is 0.414 e. The number of carbonyl (C=O) groups excluding carboxylic acids is 2. The molecule has 0 aliphatic heterocycles. The number of halogens is 2. The number of anilines is 1. The van der Waals surface area contributed by atoms with Crippen LogP contribution in [0.25, 0.3) is 0 Å². The van der Waals surface area contributed by atoms with Crippen molar-refractivity contribution in [2.45, 2.75) is 46.8 Å². The summed E-state index contributed by atoms with van der Waals surface area (Å²) in [7, 11) is 0. The van der Waals surface area contributed by atoms with E-state index in [4.69, 9.17) is 15.9 Å². The van der Waals surface area contributed by atoms with Crippen LogP contribution in [0.4, 0.5) is 15.1 Å². The highest BCUT2D eigenvalue weighted by Gasteiger charge is 2.17. The van der Waals surface area contributed by atoms with Gasteiger partial charge in [0.05, 0.1) is 4.47 Å². The first kappa shape index (κ1) is 37.5. The average molecular weight is 673 g/mol. The maximum Gasteiger partial charge on any atom is 0.414 e. The van der Waals surface area contributed by atoms with Crippen molar-refractivity contribution in [2.24, 2.45) is 0 Å². The molecule has 0 bridgehead atoms. The molecule has 0 saturated carbocycles. The summed E-state index contributed by atoms with van der Waals surface area (Å²) in [6.07, 6.45) is 7.70. The van der Waals surface area contributed by atoms with Gasteiger partial charge >= 0.3 is 6.09 Å². The fraction of sp³-hybridized carbons (Fsp3) is 0.189. The van der Waals surface area contributed by atoms with Gasteiger partial charge in [-0.3, -0.25) is 10.1 Å². The van der Waals surface area contributed by atoms with E-state index in [2.05, 4.69) is 132 Å². The second-order valence-electron chi connectivity index (χ2n) is 8.93. The monoisotopic (exact) mass is 671 g/mol. The summed E-state index contributed by atoms with van der Waals surface area (Å²) < 4.78 is 24.9. The lowest BCUT2D eigenvalue weighted by molar-refractivity contribution is 0.0634. The third kappa shape index (κ3) is 16.2. The lowest BCUT2D eigenvalue weighted by atomic mass is 10.1. The number of hydrogen-bond donors (Lipinski definition) is 1. The van der Waals surface area contributed by atoms with Crippen molar-refractivity contribution in [3.05, 3.63) is 45.4 Å². The zero-order valence-corrected chi connectivity index (χ0v) is 27.0. The minimum atomic E-state index is -0.658. The molecule has 0 fully saturated rings. The van der Waals surface area contributed by atoms with Crippen molar-refractivity contribution in [1.82, 2.24) is 9.97 Å². The Morgan fingerprint density at radius 2 is 1.41 bits per heavy atom. The molecule has 224 valence electrons. The van der Waals surface area contributed by atoms with Gasteiger partial charge in [-0.05, 0) is 151 Å². The number of aromatic nitrogens is 2. The number of amides is 1. The number of ether oxygens (including phenoxy) is 2. The molecule has 2 aromatic rings. The number of benzene rings is 1. The largest absolute Gasteiger partial charge is 0.488 e. The van der Waals surface area contributed by atoms with Crippen LogP contribution in [-0.4, -0.2) is 27.9 Å². The normalized spacial score (nSPS) is 8.04. The number of aldehydes is 1. The summed E-state index contributed by atoms with van der Waals surface area (Å²) >= 11 is 3.04. The fourth-order valence-electron chi connectivity index (χ4n) is 2.50. The van der Waals surface area contributed by atoms with Crippen molar-refractivity contribution in [3.8, 4) is 113 Å². The predicted octanol–water partition coefficient (Wildman–Crippen LogP) is 5.09. The third-order valence-corrected chi connectivity index (χ3v) is 5.15. The van der Waals surface area contributed by atoms with Crippen LogP contribution in [-0.2, 0) is 11.3 Å². The van der Waals surface area contributed by atoms with E-state index in [9.17, 15) is 14.0 Å². The van der Waals surface area contributed by atoms with Crippen molar-refractivity contribution < 1.29 is 23.5 Å². The third-order valence-electron chi connectivity index (χ3n) is 4.34. The molecule has 0 unspecified atom stereocenters. The summed E-state index contributed by atoms with van der Waals surface area (Å²) in [6.45, 7) is 8.55. The second kappa shape index (κ2) is 21.2. The molecule has 2 rings (SSSR count). The highest BCUT2D eigenvalue weighted by molar-refractivity contribution is 9.10. The Balaban J connectivity index is 0.000000492. The van der Waals surface area contributed by atoms with Gasteiger partial charge in [0.2, 0.25) is 5.95 Å². The first-order chi connectivity index (χ1) is 22.0. The van der Waals surface area contributed by atoms with Gasteiger partial charge in [-0.15, -0.1) is 6.42 Å². The number of nitrogens with zero attached hydrogens (tertiary/aromatic N) is 2. The second-order valence-corrected chi connectivity index (χ2v) is 9.73. The quantitative estimate of drug-likeness (QED) is 0.352. The Labute approximate surface area is 277 Å². The van der Waals surface area contributed by atoms with Gasteiger partial charge in [0.25, 0.3) is 0 Å². The van der Waals surface area contributed by atoms with Crippen LogP contribution < -0.4 is 10.1 Å². The van der Waals surface area contributed by atoms with Crippen LogP contribution in [0, 0.1) is 120 Å². The molecule has 1 amide bonds. The van der Waals surface area contributed by atoms with E-state index in [1.165, 1.54) is 18.5 Å². The molecular formula is C37H23BrFN3O4. The zero-order valence-electron chi connectivity index (χ0n) is 25.4. The maximum absolute atomic E-state index is 14.1. The van der Waals surface area contributed by atoms with Gasteiger partial charge in [0, 0.05) is 29.1 Å². The number of rotatable bonds is 5. The van der Waals surface area contributed by atoms with E-state index in [1.807, 2.05) is 0 Å². The summed E-state index contributed by atoms with van der Waals surface area (Å²) in [5, 5.41) is 2.42. The molecule has 0 aliphatic carbocycles. The fourth-order valence-corrected chi connectivity index (χ4v) is 3.01. The van der Waals surface area contributed by atoms with E-state index in [1.54, 1.807) is 34.6 Å². The van der Waals surface area contributed by atoms with Crippen molar-refractivity contribution in [3.63, 3.8) is 0 Å².